The minimum Gasteiger partial charge on any atom is -0.298 e. The lowest BCUT2D eigenvalue weighted by Gasteiger charge is -1.88. The molecule has 1 heteroatoms. The normalized spacial score (nSPS) is 11.4. The molecule has 0 bridgehead atoms. The molecule has 0 aromatic carbocycles. The van der Waals surface area contributed by atoms with Crippen LogP contribution in [0.15, 0.2) is 4.99 Å². The maximum absolute atomic E-state index is 4.05. The van der Waals surface area contributed by atoms with Gasteiger partial charge in [0, 0.05) is 12.8 Å². The Hall–Kier alpha value is -0.330. The average Bonchev–Trinajstić information content (AvgIpc) is 1.61. The standard InChI is InChI=1S/C6H13N/c1-4-7-5-6(2)3/h5-6H,4H2,1-3H3. The summed E-state index contributed by atoms with van der Waals surface area (Å²) in [5, 5.41) is 0. The van der Waals surface area contributed by atoms with Crippen LogP contribution in [0.3, 0.4) is 0 Å². The lowest BCUT2D eigenvalue weighted by Crippen LogP contribution is -1.86. The Balaban J connectivity index is 3.08. The van der Waals surface area contributed by atoms with Gasteiger partial charge in [0.05, 0.1) is 0 Å². The highest BCUT2D eigenvalue weighted by Gasteiger charge is 1.79. The molecular formula is C6H13N. The Bertz CT molecular complexity index is 55.2. The van der Waals surface area contributed by atoms with E-state index in [0.717, 1.165) is 6.54 Å². The van der Waals surface area contributed by atoms with E-state index in [4.69, 9.17) is 0 Å². The van der Waals surface area contributed by atoms with Gasteiger partial charge in [-0.3, -0.25) is 4.99 Å². The molecule has 0 aliphatic rings. The molecule has 1 nitrogen and oxygen atoms in total. The summed E-state index contributed by atoms with van der Waals surface area (Å²) in [6.45, 7) is 7.20. The summed E-state index contributed by atoms with van der Waals surface area (Å²) in [4.78, 5) is 4.05. The third-order valence-electron chi connectivity index (χ3n) is 0.586. The molecule has 0 unspecified atom stereocenters. The van der Waals surface area contributed by atoms with Crippen LogP contribution in [0, 0.1) is 5.92 Å². The zero-order valence-electron chi connectivity index (χ0n) is 5.31. The van der Waals surface area contributed by atoms with E-state index in [0.29, 0.717) is 5.92 Å². The maximum Gasteiger partial charge on any atom is 0.0357 e. The number of aliphatic imine (C=N–C) groups is 1. The third-order valence-corrected chi connectivity index (χ3v) is 0.586. The fourth-order valence-corrected chi connectivity index (χ4v) is 0.316. The van der Waals surface area contributed by atoms with Crippen molar-refractivity contribution in [3.8, 4) is 0 Å². The van der Waals surface area contributed by atoms with Gasteiger partial charge in [-0.05, 0) is 12.8 Å². The number of rotatable bonds is 2. The molecule has 7 heavy (non-hydrogen) atoms. The van der Waals surface area contributed by atoms with Gasteiger partial charge in [-0.1, -0.05) is 13.8 Å². The molecule has 0 heterocycles. The first-order chi connectivity index (χ1) is 3.27. The summed E-state index contributed by atoms with van der Waals surface area (Å²) in [5.41, 5.74) is 0. The molecule has 42 valence electrons. The highest BCUT2D eigenvalue weighted by molar-refractivity contribution is 5.59. The molecule has 0 fully saturated rings. The van der Waals surface area contributed by atoms with Crippen molar-refractivity contribution in [1.82, 2.24) is 0 Å². The largest absolute Gasteiger partial charge is 0.298 e. The Kier molecular flexibility index (Phi) is 3.67. The fraction of sp³-hybridized carbons (Fsp3) is 0.833. The molecule has 0 atom stereocenters. The summed E-state index contributed by atoms with van der Waals surface area (Å²) in [6, 6.07) is 0. The van der Waals surface area contributed by atoms with Crippen molar-refractivity contribution in [1.29, 1.82) is 0 Å². The van der Waals surface area contributed by atoms with Crippen molar-refractivity contribution >= 4 is 6.21 Å². The van der Waals surface area contributed by atoms with Crippen LogP contribution in [-0.4, -0.2) is 12.8 Å². The average molecular weight is 99.2 g/mol. The Morgan fingerprint density at radius 1 is 1.57 bits per heavy atom. The first kappa shape index (κ1) is 6.67. The smallest absolute Gasteiger partial charge is 0.0357 e. The topological polar surface area (TPSA) is 12.4 Å². The number of nitrogens with zero attached hydrogens (tertiary/aromatic N) is 1. The van der Waals surface area contributed by atoms with Crippen molar-refractivity contribution in [2.75, 3.05) is 6.54 Å². The van der Waals surface area contributed by atoms with Gasteiger partial charge in [0.1, 0.15) is 0 Å². The van der Waals surface area contributed by atoms with Gasteiger partial charge in [0.2, 0.25) is 0 Å². The number of hydrogen-bond donors (Lipinski definition) is 0. The van der Waals surface area contributed by atoms with Crippen molar-refractivity contribution in [3.63, 3.8) is 0 Å². The molecule has 0 aliphatic carbocycles. The van der Waals surface area contributed by atoms with Gasteiger partial charge in [-0.15, -0.1) is 0 Å². The minimum absolute atomic E-state index is 0.611. The van der Waals surface area contributed by atoms with Crippen LogP contribution in [0.2, 0.25) is 0 Å². The van der Waals surface area contributed by atoms with E-state index in [1.54, 1.807) is 0 Å². The van der Waals surface area contributed by atoms with Crippen LogP contribution in [0.1, 0.15) is 20.8 Å². The van der Waals surface area contributed by atoms with Gasteiger partial charge in [0.25, 0.3) is 0 Å². The summed E-state index contributed by atoms with van der Waals surface area (Å²) in [7, 11) is 0. The lowest BCUT2D eigenvalue weighted by atomic mass is 10.2. The van der Waals surface area contributed by atoms with Crippen molar-refractivity contribution < 1.29 is 0 Å². The van der Waals surface area contributed by atoms with Crippen molar-refractivity contribution in [2.24, 2.45) is 10.9 Å². The van der Waals surface area contributed by atoms with E-state index in [-0.39, 0.29) is 0 Å². The zero-order valence-corrected chi connectivity index (χ0v) is 5.31. The molecule has 0 aromatic rings. The minimum atomic E-state index is 0.611. The first-order valence-corrected chi connectivity index (χ1v) is 2.77. The Morgan fingerprint density at radius 3 is 2.29 bits per heavy atom. The monoisotopic (exact) mass is 99.1 g/mol. The predicted molar refractivity (Wildman–Crippen MR) is 33.9 cm³/mol. The summed E-state index contributed by atoms with van der Waals surface area (Å²) >= 11 is 0. The molecule has 0 aliphatic heterocycles. The molecule has 0 spiro atoms. The molecule has 0 saturated carbocycles. The summed E-state index contributed by atoms with van der Waals surface area (Å²) in [5.74, 6) is 0.611. The van der Waals surface area contributed by atoms with Crippen LogP contribution in [0.25, 0.3) is 0 Å². The molecule has 0 aromatic heterocycles. The van der Waals surface area contributed by atoms with Crippen LogP contribution in [-0.2, 0) is 0 Å². The second kappa shape index (κ2) is 3.85. The second-order valence-corrected chi connectivity index (χ2v) is 1.89. The first-order valence-electron chi connectivity index (χ1n) is 2.77. The van der Waals surface area contributed by atoms with Gasteiger partial charge < -0.3 is 0 Å². The van der Waals surface area contributed by atoms with Crippen LogP contribution in [0.4, 0.5) is 0 Å². The lowest BCUT2D eigenvalue weighted by molar-refractivity contribution is 0.897. The van der Waals surface area contributed by atoms with E-state index in [9.17, 15) is 0 Å². The van der Waals surface area contributed by atoms with Gasteiger partial charge in [-0.2, -0.15) is 0 Å². The maximum atomic E-state index is 4.05. The molecule has 0 N–H and O–H groups in total. The quantitative estimate of drug-likeness (QED) is 0.467. The van der Waals surface area contributed by atoms with Crippen LogP contribution in [0.5, 0.6) is 0 Å². The molecular weight excluding hydrogens is 86.1 g/mol. The fourth-order valence-electron chi connectivity index (χ4n) is 0.316. The highest BCUT2D eigenvalue weighted by Crippen LogP contribution is 1.83. The van der Waals surface area contributed by atoms with Crippen LogP contribution >= 0.6 is 0 Å². The molecule has 0 amide bonds. The zero-order chi connectivity index (χ0) is 5.70. The predicted octanol–water partition coefficient (Wildman–Crippen LogP) is 1.73. The van der Waals surface area contributed by atoms with Gasteiger partial charge >= 0.3 is 0 Å². The van der Waals surface area contributed by atoms with E-state index in [1.165, 1.54) is 0 Å². The molecule has 0 rings (SSSR count). The van der Waals surface area contributed by atoms with Gasteiger partial charge in [0.15, 0.2) is 0 Å². The van der Waals surface area contributed by atoms with Crippen LogP contribution < -0.4 is 0 Å². The Labute approximate surface area is 45.5 Å². The van der Waals surface area contributed by atoms with E-state index >= 15 is 0 Å². The molecule has 0 radical (unpaired) electrons. The third kappa shape index (κ3) is 5.67. The van der Waals surface area contributed by atoms with Gasteiger partial charge in [-0.25, -0.2) is 0 Å². The van der Waals surface area contributed by atoms with Crippen molar-refractivity contribution in [3.05, 3.63) is 0 Å². The second-order valence-electron chi connectivity index (χ2n) is 1.89. The summed E-state index contributed by atoms with van der Waals surface area (Å²) < 4.78 is 0. The van der Waals surface area contributed by atoms with E-state index in [2.05, 4.69) is 18.8 Å². The highest BCUT2D eigenvalue weighted by atomic mass is 14.7. The van der Waals surface area contributed by atoms with E-state index < -0.39 is 0 Å². The molecule has 0 saturated heterocycles. The SMILES string of the molecule is CCN=CC(C)C. The number of hydrogen-bond acceptors (Lipinski definition) is 1. The van der Waals surface area contributed by atoms with E-state index in [1.807, 2.05) is 13.1 Å². The summed E-state index contributed by atoms with van der Waals surface area (Å²) in [6.07, 6.45) is 1.97. The van der Waals surface area contributed by atoms with Crippen molar-refractivity contribution in [2.45, 2.75) is 20.8 Å². The Morgan fingerprint density at radius 2 is 2.14 bits per heavy atom.